The number of piperazine rings is 1. The number of aromatic nitrogens is 2. The molecule has 4 fully saturated rings. The molecule has 8 rings (SSSR count). The average molecular weight is 791 g/mol. The summed E-state index contributed by atoms with van der Waals surface area (Å²) >= 11 is 6.16. The van der Waals surface area contributed by atoms with Crippen molar-refractivity contribution in [3.8, 4) is 11.8 Å². The molecule has 1 saturated carbocycles. The van der Waals surface area contributed by atoms with E-state index in [1.807, 2.05) is 30.3 Å². The first kappa shape index (κ1) is 38.4. The van der Waals surface area contributed by atoms with Crippen molar-refractivity contribution < 1.29 is 19.1 Å². The number of nitrogens with one attached hydrogen (secondary N) is 2. The van der Waals surface area contributed by atoms with Crippen LogP contribution in [0.5, 0.6) is 5.75 Å². The van der Waals surface area contributed by atoms with Gasteiger partial charge in [-0.05, 0) is 105 Å². The molecule has 4 aliphatic rings. The molecule has 1 atom stereocenters. The summed E-state index contributed by atoms with van der Waals surface area (Å²) in [6.45, 7) is 6.81. The second-order valence-electron chi connectivity index (χ2n) is 15.7. The van der Waals surface area contributed by atoms with Crippen LogP contribution in [0.2, 0.25) is 5.02 Å². The Morgan fingerprint density at radius 1 is 0.860 bits per heavy atom. The number of fused-ring (bicyclic) bond motifs is 1. The summed E-state index contributed by atoms with van der Waals surface area (Å²) < 4.78 is 7.31. The third-order valence-electron chi connectivity index (χ3n) is 12.0. The lowest BCUT2D eigenvalue weighted by atomic mass is 9.92. The monoisotopic (exact) mass is 790 g/mol. The molecule has 57 heavy (non-hydrogen) atoms. The Hall–Kier alpha value is -5.45. The maximum Gasteiger partial charge on any atom is 0.275 e. The van der Waals surface area contributed by atoms with Crippen LogP contribution in [0.4, 0.5) is 11.4 Å². The second-order valence-corrected chi connectivity index (χ2v) is 16.1. The molecule has 1 aliphatic carbocycles. The van der Waals surface area contributed by atoms with Gasteiger partial charge in [0.1, 0.15) is 17.9 Å². The van der Waals surface area contributed by atoms with E-state index in [1.54, 1.807) is 24.4 Å². The molecule has 13 nitrogen and oxygen atoms in total. The number of rotatable bonds is 9. The normalized spacial score (nSPS) is 22.2. The molecular formula is C43H47ClN8O5. The summed E-state index contributed by atoms with van der Waals surface area (Å²) in [4.78, 5) is 57.6. The number of hydrogen-bond acceptors (Lipinski definition) is 10. The fourth-order valence-electron chi connectivity index (χ4n) is 8.68. The van der Waals surface area contributed by atoms with Crippen molar-refractivity contribution in [2.45, 2.75) is 69.6 Å². The summed E-state index contributed by atoms with van der Waals surface area (Å²) in [5.74, 6) is 0.448. The lowest BCUT2D eigenvalue weighted by Crippen LogP contribution is -2.49. The highest BCUT2D eigenvalue weighted by atomic mass is 35.5. The molecule has 3 saturated heterocycles. The van der Waals surface area contributed by atoms with Crippen molar-refractivity contribution in [1.29, 1.82) is 5.26 Å². The molecule has 0 unspecified atom stereocenters. The van der Waals surface area contributed by atoms with Crippen molar-refractivity contribution in [2.24, 2.45) is 5.92 Å². The van der Waals surface area contributed by atoms with Gasteiger partial charge < -0.3 is 19.9 Å². The third-order valence-corrected chi connectivity index (χ3v) is 12.3. The van der Waals surface area contributed by atoms with Crippen molar-refractivity contribution in [3.05, 3.63) is 93.4 Å². The molecule has 1 aromatic heterocycles. The SMILES string of the molecule is N#Cc1ccc(OC2CCC(NC(=O)c3ccc(N4CCC(CN5CCN(c6ccc7c(=O)n([C@@H]8CCC(=O)NC8=O)ncc7c6)CC5)CC4)cc3)CC2)cc1Cl. The summed E-state index contributed by atoms with van der Waals surface area (Å²) in [6, 6.07) is 20.3. The number of piperidine rings is 2. The maximum absolute atomic E-state index is 13.2. The Morgan fingerprint density at radius 3 is 2.28 bits per heavy atom. The van der Waals surface area contributed by atoms with E-state index < -0.39 is 11.9 Å². The zero-order chi connectivity index (χ0) is 39.5. The minimum absolute atomic E-state index is 0.0439. The number of ether oxygens (including phenoxy) is 1. The van der Waals surface area contributed by atoms with E-state index in [0.29, 0.717) is 33.2 Å². The van der Waals surface area contributed by atoms with Gasteiger partial charge in [-0.1, -0.05) is 11.6 Å². The quantitative estimate of drug-likeness (QED) is 0.220. The number of nitrogens with zero attached hydrogens (tertiary/aromatic N) is 6. The number of hydrogen-bond donors (Lipinski definition) is 2. The van der Waals surface area contributed by atoms with Crippen LogP contribution in [0.3, 0.4) is 0 Å². The van der Waals surface area contributed by atoms with Crippen LogP contribution in [-0.4, -0.2) is 90.4 Å². The lowest BCUT2D eigenvalue weighted by molar-refractivity contribution is -0.136. The molecule has 2 N–H and O–H groups in total. The van der Waals surface area contributed by atoms with Gasteiger partial charge in [-0.15, -0.1) is 0 Å². The van der Waals surface area contributed by atoms with E-state index in [0.717, 1.165) is 101 Å². The van der Waals surface area contributed by atoms with E-state index in [1.165, 1.54) is 4.68 Å². The van der Waals surface area contributed by atoms with Gasteiger partial charge in [0, 0.05) is 86.7 Å². The summed E-state index contributed by atoms with van der Waals surface area (Å²) in [6.07, 6.45) is 7.75. The van der Waals surface area contributed by atoms with Gasteiger partial charge in [-0.2, -0.15) is 10.4 Å². The number of amides is 3. The highest BCUT2D eigenvalue weighted by Gasteiger charge is 2.31. The van der Waals surface area contributed by atoms with Crippen LogP contribution in [-0.2, 0) is 9.59 Å². The largest absolute Gasteiger partial charge is 0.490 e. The zero-order valence-electron chi connectivity index (χ0n) is 31.9. The molecule has 0 spiro atoms. The summed E-state index contributed by atoms with van der Waals surface area (Å²) in [5.41, 5.74) is 2.99. The van der Waals surface area contributed by atoms with E-state index in [-0.39, 0.29) is 42.4 Å². The molecule has 3 aromatic carbocycles. The number of benzene rings is 3. The van der Waals surface area contributed by atoms with Crippen molar-refractivity contribution in [2.75, 3.05) is 55.6 Å². The Morgan fingerprint density at radius 2 is 1.58 bits per heavy atom. The molecule has 296 valence electrons. The average Bonchev–Trinajstić information content (AvgIpc) is 3.23. The predicted octanol–water partition coefficient (Wildman–Crippen LogP) is 5.06. The zero-order valence-corrected chi connectivity index (χ0v) is 32.6. The maximum atomic E-state index is 13.2. The van der Waals surface area contributed by atoms with Gasteiger partial charge in [0.15, 0.2) is 0 Å². The molecule has 4 aromatic rings. The minimum Gasteiger partial charge on any atom is -0.490 e. The van der Waals surface area contributed by atoms with Crippen molar-refractivity contribution in [3.63, 3.8) is 0 Å². The fraction of sp³-hybridized carbons (Fsp3) is 0.442. The van der Waals surface area contributed by atoms with E-state index in [2.05, 4.69) is 48.6 Å². The fourth-order valence-corrected chi connectivity index (χ4v) is 8.90. The highest BCUT2D eigenvalue weighted by molar-refractivity contribution is 6.31. The number of halogens is 1. The first-order valence-electron chi connectivity index (χ1n) is 20.1. The standard InChI is InChI=1S/C43H47ClN8O5/c44-38-24-36(9-3-30(38)25-45)57-35-10-4-32(5-11-35)47-41(54)29-1-6-33(7-2-29)50-17-15-28(16-18-50)27-49-19-21-51(22-20-49)34-8-12-37-31(23-34)26-46-52(43(37)56)39-13-14-40(53)48-42(39)55/h1-3,6-9,12,23-24,26,28,32,35,39H,4-5,10-11,13-22,27H2,(H,47,54)(H,48,53,55)/t32?,35?,39-/m1/s1. The second kappa shape index (κ2) is 17.0. The van der Waals surface area contributed by atoms with E-state index in [4.69, 9.17) is 21.6 Å². The Bertz CT molecular complexity index is 2230. The van der Waals surface area contributed by atoms with Crippen LogP contribution in [0.1, 0.15) is 73.3 Å². The Labute approximate surface area is 336 Å². The third kappa shape index (κ3) is 8.77. The number of anilines is 2. The first-order valence-corrected chi connectivity index (χ1v) is 20.4. The topological polar surface area (TPSA) is 153 Å². The highest BCUT2D eigenvalue weighted by Crippen LogP contribution is 2.29. The molecule has 3 aliphatic heterocycles. The number of carbonyl (C=O) groups is 3. The van der Waals surface area contributed by atoms with Crippen molar-refractivity contribution >= 4 is 51.5 Å². The van der Waals surface area contributed by atoms with Gasteiger partial charge in [-0.3, -0.25) is 29.4 Å². The summed E-state index contributed by atoms with van der Waals surface area (Å²) in [5, 5.41) is 20.6. The predicted molar refractivity (Wildman–Crippen MR) is 218 cm³/mol. The van der Waals surface area contributed by atoms with E-state index >= 15 is 0 Å². The molecule has 4 heterocycles. The molecular weight excluding hydrogens is 744 g/mol. The Balaban J connectivity index is 0.756. The van der Waals surface area contributed by atoms with Gasteiger partial charge in [0.05, 0.1) is 28.3 Å². The minimum atomic E-state index is -0.777. The summed E-state index contributed by atoms with van der Waals surface area (Å²) in [7, 11) is 0. The lowest BCUT2D eigenvalue weighted by Gasteiger charge is -2.40. The molecule has 14 heteroatoms. The van der Waals surface area contributed by atoms with Gasteiger partial charge >= 0.3 is 0 Å². The Kier molecular flexibility index (Phi) is 11.4. The van der Waals surface area contributed by atoms with Crippen molar-refractivity contribution in [1.82, 2.24) is 25.3 Å². The number of imide groups is 1. The van der Waals surface area contributed by atoms with Gasteiger partial charge in [0.25, 0.3) is 17.4 Å². The first-order chi connectivity index (χ1) is 27.7. The van der Waals surface area contributed by atoms with Crippen LogP contribution in [0, 0.1) is 17.2 Å². The van der Waals surface area contributed by atoms with Gasteiger partial charge in [0.2, 0.25) is 5.91 Å². The van der Waals surface area contributed by atoms with Crippen LogP contribution >= 0.6 is 11.6 Å². The number of nitriles is 1. The number of carbonyl (C=O) groups excluding carboxylic acids is 3. The molecule has 0 radical (unpaired) electrons. The van der Waals surface area contributed by atoms with Crippen LogP contribution in [0.15, 0.2) is 71.7 Å². The smallest absolute Gasteiger partial charge is 0.275 e. The molecule has 3 amide bonds. The van der Waals surface area contributed by atoms with Gasteiger partial charge in [-0.25, -0.2) is 4.68 Å². The van der Waals surface area contributed by atoms with Crippen LogP contribution < -0.4 is 30.7 Å². The van der Waals surface area contributed by atoms with E-state index in [9.17, 15) is 19.2 Å². The molecule has 0 bridgehead atoms. The van der Waals surface area contributed by atoms with Crippen LogP contribution in [0.25, 0.3) is 10.8 Å².